The van der Waals surface area contributed by atoms with E-state index < -0.39 is 52.0 Å². The van der Waals surface area contributed by atoms with Gasteiger partial charge in [0.2, 0.25) is 5.78 Å². The number of fused-ring (bicyclic) bond motifs is 3. The fraction of sp³-hybridized carbons (Fsp3) is 0.409. The van der Waals surface area contributed by atoms with Gasteiger partial charge in [0.05, 0.1) is 5.56 Å². The number of nitrogens with zero attached hydrogens (tertiary/aromatic N) is 1. The molecule has 1 unspecified atom stereocenters. The van der Waals surface area contributed by atoms with Crippen LogP contribution in [0.5, 0.6) is 5.75 Å². The summed E-state index contributed by atoms with van der Waals surface area (Å²) in [4.78, 5) is 39.9. The molecule has 164 valence electrons. The highest BCUT2D eigenvalue weighted by molar-refractivity contribution is 6.23. The highest BCUT2D eigenvalue weighted by Gasteiger charge is 2.60. The molecule has 0 spiro atoms. The molecule has 31 heavy (non-hydrogen) atoms. The Hall–Kier alpha value is -3.33. The van der Waals surface area contributed by atoms with Crippen molar-refractivity contribution in [3.63, 3.8) is 0 Å². The second-order valence-corrected chi connectivity index (χ2v) is 8.47. The zero-order valence-electron chi connectivity index (χ0n) is 17.4. The monoisotopic (exact) mass is 428 g/mol. The third-order valence-corrected chi connectivity index (χ3v) is 6.61. The summed E-state index contributed by atoms with van der Waals surface area (Å²) in [6.45, 7) is 0. The number of ketones is 2. The number of benzene rings is 1. The van der Waals surface area contributed by atoms with E-state index in [-0.39, 0.29) is 29.7 Å². The summed E-state index contributed by atoms with van der Waals surface area (Å²) >= 11 is 0. The van der Waals surface area contributed by atoms with Crippen molar-refractivity contribution in [1.29, 1.82) is 0 Å². The molecule has 0 aliphatic heterocycles. The molecule has 3 atom stereocenters. The van der Waals surface area contributed by atoms with Crippen LogP contribution in [0.25, 0.3) is 5.76 Å². The predicted molar refractivity (Wildman–Crippen MR) is 111 cm³/mol. The van der Waals surface area contributed by atoms with E-state index in [9.17, 15) is 34.8 Å². The highest BCUT2D eigenvalue weighted by Crippen LogP contribution is 2.52. The van der Waals surface area contributed by atoms with E-state index in [2.05, 4.69) is 5.32 Å². The number of rotatable bonds is 2. The Labute approximate surface area is 178 Å². The van der Waals surface area contributed by atoms with Crippen molar-refractivity contribution >= 4 is 28.9 Å². The number of carbonyl (C=O) groups is 3. The van der Waals surface area contributed by atoms with Crippen molar-refractivity contribution in [3.05, 3.63) is 40.2 Å². The molecular formula is C22H24N2O7. The van der Waals surface area contributed by atoms with Crippen LogP contribution in [0, 0.1) is 11.8 Å². The molecule has 4 rings (SSSR count). The Balaban J connectivity index is 1.93. The Morgan fingerprint density at radius 3 is 2.45 bits per heavy atom. The first-order valence-corrected chi connectivity index (χ1v) is 9.95. The number of phenols is 1. The van der Waals surface area contributed by atoms with Gasteiger partial charge in [-0.2, -0.15) is 0 Å². The van der Waals surface area contributed by atoms with Crippen LogP contribution in [0.3, 0.4) is 0 Å². The number of carbonyl (C=O) groups excluding carboxylic acids is 3. The standard InChI is InChI=1S/C22H24N2O7/c1-23-21(30)17-14(26)8-10-6-9-7-11-12(24(2)3)4-5-13(25)16(11)18(27)15(9)19(28)22(10,31)20(17)29/h4-5,9-10,25,27,29,31H,6-8H2,1-3H3,(H,23,30)/t9?,10-,22-/m0/s1. The number of hydrogen-bond donors (Lipinski definition) is 5. The molecule has 1 aromatic rings. The van der Waals surface area contributed by atoms with Crippen LogP contribution in [0.1, 0.15) is 24.0 Å². The van der Waals surface area contributed by atoms with Gasteiger partial charge in [-0.15, -0.1) is 0 Å². The molecule has 1 fully saturated rings. The average Bonchev–Trinajstić information content (AvgIpc) is 2.70. The summed E-state index contributed by atoms with van der Waals surface area (Å²) < 4.78 is 0. The first kappa shape index (κ1) is 20.9. The third kappa shape index (κ3) is 2.69. The van der Waals surface area contributed by atoms with Crippen LogP contribution < -0.4 is 10.2 Å². The van der Waals surface area contributed by atoms with E-state index in [1.54, 1.807) is 6.07 Å². The van der Waals surface area contributed by atoms with Gasteiger partial charge >= 0.3 is 0 Å². The van der Waals surface area contributed by atoms with Gasteiger partial charge in [-0.05, 0) is 36.5 Å². The molecule has 0 radical (unpaired) electrons. The molecule has 0 aromatic heterocycles. The highest BCUT2D eigenvalue weighted by atomic mass is 16.3. The molecule has 1 aromatic carbocycles. The maximum Gasteiger partial charge on any atom is 0.258 e. The van der Waals surface area contributed by atoms with Crippen molar-refractivity contribution < 1.29 is 34.8 Å². The number of anilines is 1. The average molecular weight is 428 g/mol. The van der Waals surface area contributed by atoms with Crippen LogP contribution in [0.4, 0.5) is 5.69 Å². The molecule has 0 bridgehead atoms. The van der Waals surface area contributed by atoms with Crippen molar-refractivity contribution in [1.82, 2.24) is 5.32 Å². The van der Waals surface area contributed by atoms with Gasteiger partial charge in [0, 0.05) is 44.7 Å². The molecule has 9 heteroatoms. The predicted octanol–water partition coefficient (Wildman–Crippen LogP) is 0.751. The number of aromatic hydroxyl groups is 1. The summed E-state index contributed by atoms with van der Waals surface area (Å²) in [7, 11) is 4.90. The first-order chi connectivity index (χ1) is 14.5. The number of nitrogens with one attached hydrogen (secondary N) is 1. The first-order valence-electron chi connectivity index (χ1n) is 9.95. The molecule has 5 N–H and O–H groups in total. The van der Waals surface area contributed by atoms with Crippen molar-refractivity contribution in [2.45, 2.75) is 24.9 Å². The Morgan fingerprint density at radius 1 is 1.16 bits per heavy atom. The lowest BCUT2D eigenvalue weighted by molar-refractivity contribution is -0.147. The van der Waals surface area contributed by atoms with E-state index in [1.165, 1.54) is 13.1 Å². The molecule has 3 aliphatic rings. The topological polar surface area (TPSA) is 147 Å². The van der Waals surface area contributed by atoms with E-state index in [1.807, 2.05) is 19.0 Å². The molecule has 1 saturated carbocycles. The lowest BCUT2D eigenvalue weighted by Crippen LogP contribution is -2.58. The number of amides is 1. The maximum absolute atomic E-state index is 13.4. The number of Topliss-reactive ketones (excluding diaryl/α,β-unsaturated/α-hetero) is 2. The van der Waals surface area contributed by atoms with Crippen LogP contribution in [-0.4, -0.2) is 64.6 Å². The second kappa shape index (κ2) is 6.84. The van der Waals surface area contributed by atoms with E-state index in [0.29, 0.717) is 12.0 Å². The molecule has 0 saturated heterocycles. The summed E-state index contributed by atoms with van der Waals surface area (Å²) in [5.74, 6) is -5.64. The summed E-state index contributed by atoms with van der Waals surface area (Å²) in [6, 6.07) is 3.12. The van der Waals surface area contributed by atoms with Crippen LogP contribution in [0.15, 0.2) is 29.0 Å². The van der Waals surface area contributed by atoms with Gasteiger partial charge < -0.3 is 30.6 Å². The molecule has 9 nitrogen and oxygen atoms in total. The van der Waals surface area contributed by atoms with E-state index >= 15 is 0 Å². The molecular weight excluding hydrogens is 404 g/mol. The van der Waals surface area contributed by atoms with Gasteiger partial charge in [-0.1, -0.05) is 0 Å². The third-order valence-electron chi connectivity index (χ3n) is 6.61. The smallest absolute Gasteiger partial charge is 0.258 e. The minimum Gasteiger partial charge on any atom is -0.508 e. The second-order valence-electron chi connectivity index (χ2n) is 8.47. The van der Waals surface area contributed by atoms with Crippen LogP contribution in [0.2, 0.25) is 0 Å². The fourth-order valence-electron chi connectivity index (χ4n) is 5.13. The minimum absolute atomic E-state index is 0.106. The van der Waals surface area contributed by atoms with Gasteiger partial charge in [-0.3, -0.25) is 14.4 Å². The van der Waals surface area contributed by atoms with Crippen LogP contribution >= 0.6 is 0 Å². The molecule has 1 amide bonds. The largest absolute Gasteiger partial charge is 0.508 e. The lowest BCUT2D eigenvalue weighted by Gasteiger charge is -2.46. The SMILES string of the molecule is CNC(=O)C1=C(O)[C@@]2(O)C(=O)C3=C(O)c4c(O)ccc(N(C)C)c4CC3C[C@H]2CC1=O. The van der Waals surface area contributed by atoms with Crippen molar-refractivity contribution in [3.8, 4) is 5.75 Å². The summed E-state index contributed by atoms with van der Waals surface area (Å²) in [6.07, 6.45) is 0.156. The lowest BCUT2D eigenvalue weighted by atomic mass is 9.59. The van der Waals surface area contributed by atoms with E-state index in [0.717, 1.165) is 5.69 Å². The summed E-state index contributed by atoms with van der Waals surface area (Å²) in [5, 5.41) is 45.6. The number of aliphatic hydroxyl groups excluding tert-OH is 2. The number of likely N-dealkylation sites (N-methyl/N-ethyl adjacent to an activating group) is 1. The van der Waals surface area contributed by atoms with Gasteiger partial charge in [-0.25, -0.2) is 0 Å². The van der Waals surface area contributed by atoms with Gasteiger partial charge in [0.25, 0.3) is 5.91 Å². The number of hydrogen-bond acceptors (Lipinski definition) is 8. The van der Waals surface area contributed by atoms with Crippen LogP contribution in [-0.2, 0) is 20.8 Å². The Bertz CT molecular complexity index is 1100. The Kier molecular flexibility index (Phi) is 4.62. The fourth-order valence-corrected chi connectivity index (χ4v) is 5.13. The zero-order chi connectivity index (χ0) is 22.8. The van der Waals surface area contributed by atoms with Crippen molar-refractivity contribution in [2.24, 2.45) is 11.8 Å². The van der Waals surface area contributed by atoms with Crippen molar-refractivity contribution in [2.75, 3.05) is 26.0 Å². The van der Waals surface area contributed by atoms with Gasteiger partial charge in [0.1, 0.15) is 22.8 Å². The maximum atomic E-state index is 13.4. The normalized spacial score (nSPS) is 27.5. The molecule has 0 heterocycles. The van der Waals surface area contributed by atoms with Gasteiger partial charge in [0.15, 0.2) is 11.4 Å². The zero-order valence-corrected chi connectivity index (χ0v) is 17.4. The van der Waals surface area contributed by atoms with E-state index in [4.69, 9.17) is 0 Å². The number of phenolic OH excluding ortho intramolecular Hbond substituents is 1. The summed E-state index contributed by atoms with van der Waals surface area (Å²) in [5.41, 5.74) is -1.74. The molecule has 3 aliphatic carbocycles. The number of aliphatic hydroxyl groups is 3. The Morgan fingerprint density at radius 2 is 1.84 bits per heavy atom. The quantitative estimate of drug-likeness (QED) is 0.434. The minimum atomic E-state index is -2.50.